The molecule has 0 aliphatic carbocycles. The predicted molar refractivity (Wildman–Crippen MR) is 235 cm³/mol. The molecule has 55 heavy (non-hydrogen) atoms. The first-order chi connectivity index (χ1) is 27.1. The maximum absolute atomic E-state index is 2.46. The molecule has 3 heteroatoms. The maximum Gasteiger partial charge on any atom is 0.0561 e. The minimum atomic E-state index is 1.11. The summed E-state index contributed by atoms with van der Waals surface area (Å²) in [5.74, 6) is 0. The van der Waals surface area contributed by atoms with Crippen molar-refractivity contribution in [3.8, 4) is 5.69 Å². The van der Waals surface area contributed by atoms with Gasteiger partial charge in [0.2, 0.25) is 0 Å². The molecule has 1 aromatic heterocycles. The average molecular weight is 706 g/mol. The van der Waals surface area contributed by atoms with E-state index in [-0.39, 0.29) is 0 Å². The highest BCUT2D eigenvalue weighted by Crippen LogP contribution is 2.42. The van der Waals surface area contributed by atoms with Gasteiger partial charge in [-0.15, -0.1) is 0 Å². The second-order valence-electron chi connectivity index (χ2n) is 14.5. The van der Waals surface area contributed by atoms with E-state index in [9.17, 15) is 0 Å². The minimum Gasteiger partial charge on any atom is -0.310 e. The molecule has 0 N–H and O–H groups in total. The lowest BCUT2D eigenvalue weighted by molar-refractivity contribution is 1.18. The van der Waals surface area contributed by atoms with Gasteiger partial charge in [-0.05, 0) is 144 Å². The molecule has 3 nitrogen and oxygen atoms in total. The molecule has 0 amide bonds. The van der Waals surface area contributed by atoms with Crippen molar-refractivity contribution in [2.24, 2.45) is 0 Å². The van der Waals surface area contributed by atoms with Crippen molar-refractivity contribution in [1.29, 1.82) is 0 Å². The summed E-state index contributed by atoms with van der Waals surface area (Å²) in [6.07, 6.45) is 0. The van der Waals surface area contributed by atoms with Gasteiger partial charge in [0, 0.05) is 50.6 Å². The van der Waals surface area contributed by atoms with Crippen LogP contribution in [0.5, 0.6) is 0 Å². The summed E-state index contributed by atoms with van der Waals surface area (Å²) < 4.78 is 2.46. The summed E-state index contributed by atoms with van der Waals surface area (Å²) in [7, 11) is 0. The van der Waals surface area contributed by atoms with E-state index in [1.165, 1.54) is 49.0 Å². The van der Waals surface area contributed by atoms with E-state index >= 15 is 0 Å². The molecule has 1 heterocycles. The fourth-order valence-electron chi connectivity index (χ4n) is 8.19. The molecule has 0 fully saturated rings. The third kappa shape index (κ3) is 5.87. The second kappa shape index (κ2) is 13.4. The predicted octanol–water partition coefficient (Wildman–Crippen LogP) is 14.6. The summed E-state index contributed by atoms with van der Waals surface area (Å²) in [5.41, 5.74) is 12.7. The Kier molecular flexibility index (Phi) is 7.92. The highest BCUT2D eigenvalue weighted by atomic mass is 15.1. The van der Waals surface area contributed by atoms with E-state index in [2.05, 4.69) is 228 Å². The molecule has 0 spiro atoms. The third-order valence-electron chi connectivity index (χ3n) is 10.7. The van der Waals surface area contributed by atoms with Gasteiger partial charge in [-0.2, -0.15) is 0 Å². The first-order valence-corrected chi connectivity index (χ1v) is 18.9. The van der Waals surface area contributed by atoms with Gasteiger partial charge in [0.1, 0.15) is 0 Å². The number of anilines is 6. The quantitative estimate of drug-likeness (QED) is 0.164. The summed E-state index contributed by atoms with van der Waals surface area (Å²) in [5, 5.41) is 7.30. The van der Waals surface area contributed by atoms with Gasteiger partial charge in [-0.25, -0.2) is 0 Å². The van der Waals surface area contributed by atoms with Gasteiger partial charge in [-0.3, -0.25) is 0 Å². The van der Waals surface area contributed by atoms with E-state index < -0.39 is 0 Å². The van der Waals surface area contributed by atoms with Crippen molar-refractivity contribution < 1.29 is 0 Å². The molecule has 0 saturated carbocycles. The first-order valence-electron chi connectivity index (χ1n) is 18.9. The molecule has 0 aliphatic rings. The van der Waals surface area contributed by atoms with E-state index in [0.717, 1.165) is 45.3 Å². The fraction of sp³-hybridized carbons (Fsp3) is 0.0385. The number of benzene rings is 9. The number of aryl methyl sites for hydroxylation is 2. The van der Waals surface area contributed by atoms with Crippen LogP contribution in [0.15, 0.2) is 200 Å². The molecule has 10 rings (SSSR count). The summed E-state index contributed by atoms with van der Waals surface area (Å²) in [4.78, 5) is 4.71. The molecule has 9 aromatic carbocycles. The fourth-order valence-corrected chi connectivity index (χ4v) is 8.19. The van der Waals surface area contributed by atoms with Crippen molar-refractivity contribution in [1.82, 2.24) is 4.57 Å². The smallest absolute Gasteiger partial charge is 0.0561 e. The zero-order chi connectivity index (χ0) is 36.9. The highest BCUT2D eigenvalue weighted by molar-refractivity contribution is 6.15. The van der Waals surface area contributed by atoms with Crippen LogP contribution in [0, 0.1) is 13.8 Å². The van der Waals surface area contributed by atoms with Crippen LogP contribution in [0.1, 0.15) is 11.1 Å². The monoisotopic (exact) mass is 705 g/mol. The highest BCUT2D eigenvalue weighted by Gasteiger charge is 2.20. The molecule has 0 radical (unpaired) electrons. The van der Waals surface area contributed by atoms with Crippen LogP contribution in [0.4, 0.5) is 34.1 Å². The molecule has 262 valence electrons. The van der Waals surface area contributed by atoms with Gasteiger partial charge in [-0.1, -0.05) is 103 Å². The molecular weight excluding hydrogens is 667 g/mol. The molecule has 0 unspecified atom stereocenters. The van der Waals surface area contributed by atoms with Crippen LogP contribution < -0.4 is 9.80 Å². The normalized spacial score (nSPS) is 11.5. The zero-order valence-electron chi connectivity index (χ0n) is 30.9. The van der Waals surface area contributed by atoms with Gasteiger partial charge in [0.25, 0.3) is 0 Å². The van der Waals surface area contributed by atoms with E-state index in [0.29, 0.717) is 0 Å². The maximum atomic E-state index is 2.46. The van der Waals surface area contributed by atoms with Crippen LogP contribution in [-0.4, -0.2) is 4.57 Å². The number of rotatable bonds is 7. The lowest BCUT2D eigenvalue weighted by atomic mass is 10.0. The van der Waals surface area contributed by atoms with Crippen LogP contribution in [-0.2, 0) is 0 Å². The average Bonchev–Trinajstić information content (AvgIpc) is 3.53. The van der Waals surface area contributed by atoms with Crippen LogP contribution in [0.25, 0.3) is 49.0 Å². The van der Waals surface area contributed by atoms with Crippen molar-refractivity contribution in [2.45, 2.75) is 13.8 Å². The van der Waals surface area contributed by atoms with Crippen LogP contribution in [0.2, 0.25) is 0 Å². The molecule has 0 saturated heterocycles. The zero-order valence-corrected chi connectivity index (χ0v) is 30.9. The van der Waals surface area contributed by atoms with E-state index in [1.54, 1.807) is 0 Å². The van der Waals surface area contributed by atoms with Gasteiger partial charge in [0.15, 0.2) is 0 Å². The minimum absolute atomic E-state index is 1.11. The number of para-hydroxylation sites is 2. The van der Waals surface area contributed by atoms with Crippen LogP contribution in [0.3, 0.4) is 0 Å². The van der Waals surface area contributed by atoms with Crippen molar-refractivity contribution in [2.75, 3.05) is 9.80 Å². The SMILES string of the molecule is Cc1cccc(N(c2ccccc2)c2ccc3cc4c5ccc(N(c6ccccc6)c6cccc(C)c6)cc5n(-c5ccc6ccccc6c5)c4cc3c2)c1. The Bertz CT molecular complexity index is 3020. The number of fused-ring (bicyclic) bond motifs is 5. The Morgan fingerprint density at radius 1 is 0.309 bits per heavy atom. The Balaban J connectivity index is 1.23. The summed E-state index contributed by atoms with van der Waals surface area (Å²) >= 11 is 0. The largest absolute Gasteiger partial charge is 0.310 e. The number of hydrogen-bond acceptors (Lipinski definition) is 2. The lowest BCUT2D eigenvalue weighted by Gasteiger charge is -2.26. The Morgan fingerprint density at radius 3 is 1.47 bits per heavy atom. The van der Waals surface area contributed by atoms with Crippen molar-refractivity contribution in [3.63, 3.8) is 0 Å². The number of aromatic nitrogens is 1. The molecule has 0 aliphatic heterocycles. The van der Waals surface area contributed by atoms with E-state index in [4.69, 9.17) is 0 Å². The van der Waals surface area contributed by atoms with E-state index in [1.807, 2.05) is 0 Å². The number of hydrogen-bond donors (Lipinski definition) is 0. The Morgan fingerprint density at radius 2 is 0.818 bits per heavy atom. The Hall–Kier alpha value is -7.10. The molecule has 0 bridgehead atoms. The van der Waals surface area contributed by atoms with Crippen molar-refractivity contribution in [3.05, 3.63) is 211 Å². The summed E-state index contributed by atoms with van der Waals surface area (Å²) in [6.45, 7) is 4.31. The first kappa shape index (κ1) is 32.5. The van der Waals surface area contributed by atoms with Gasteiger partial charge >= 0.3 is 0 Å². The lowest BCUT2D eigenvalue weighted by Crippen LogP contribution is -2.10. The number of nitrogens with zero attached hydrogens (tertiary/aromatic N) is 3. The molecule has 10 aromatic rings. The second-order valence-corrected chi connectivity index (χ2v) is 14.5. The van der Waals surface area contributed by atoms with Crippen LogP contribution >= 0.6 is 0 Å². The third-order valence-corrected chi connectivity index (χ3v) is 10.7. The molecule has 0 atom stereocenters. The van der Waals surface area contributed by atoms with Crippen molar-refractivity contribution >= 4 is 77.5 Å². The van der Waals surface area contributed by atoms with Gasteiger partial charge in [0.05, 0.1) is 11.0 Å². The summed E-state index contributed by atoms with van der Waals surface area (Å²) in [6, 6.07) is 72.9. The standard InChI is InChI=1S/C52H39N3/c1-36-13-11-21-44(29-36)53(42-17-5-3-6-18-42)46-26-24-40-33-50-49-28-27-48(54(43-19-7-4-8-20-43)45-22-12-14-37(2)30-45)35-52(49)55(51(50)34-41(40)32-46)47-25-23-38-15-9-10-16-39(38)31-47/h3-35H,1-2H3. The topological polar surface area (TPSA) is 11.4 Å². The molecular formula is C52H39N3. The Labute approximate surface area is 321 Å². The van der Waals surface area contributed by atoms with Gasteiger partial charge < -0.3 is 14.4 Å².